The van der Waals surface area contributed by atoms with Gasteiger partial charge < -0.3 is 39.4 Å². The van der Waals surface area contributed by atoms with E-state index in [1.54, 1.807) is 0 Å². The molecule has 0 aliphatic carbocycles. The van der Waals surface area contributed by atoms with Crippen molar-refractivity contribution in [2.45, 2.75) is 36.8 Å². The van der Waals surface area contributed by atoms with Gasteiger partial charge in [-0.2, -0.15) is 0 Å². The van der Waals surface area contributed by atoms with Crippen molar-refractivity contribution < 1.29 is 49.2 Å². The summed E-state index contributed by atoms with van der Waals surface area (Å²) in [6.45, 7) is -1.05. The molecular formula is C21H24N2O12. The number of rotatable bonds is 11. The van der Waals surface area contributed by atoms with Crippen LogP contribution in [0.15, 0.2) is 48.5 Å². The van der Waals surface area contributed by atoms with Gasteiger partial charge in [0.1, 0.15) is 42.5 Å². The molecule has 0 saturated carbocycles. The molecule has 3 rings (SSSR count). The average molecular weight is 496 g/mol. The number of hydrogen-bond acceptors (Lipinski definition) is 12. The highest BCUT2D eigenvalue weighted by Gasteiger charge is 2.44. The largest absolute Gasteiger partial charge is 0.490 e. The van der Waals surface area contributed by atoms with Gasteiger partial charge in [0.05, 0.1) is 23.1 Å². The molecule has 1 aliphatic rings. The molecular weight excluding hydrogens is 472 g/mol. The highest BCUT2D eigenvalue weighted by atomic mass is 16.7. The molecule has 14 heteroatoms. The third kappa shape index (κ3) is 6.82. The van der Waals surface area contributed by atoms with Crippen LogP contribution < -0.4 is 9.47 Å². The van der Waals surface area contributed by atoms with Crippen molar-refractivity contribution in [1.29, 1.82) is 0 Å². The zero-order valence-electron chi connectivity index (χ0n) is 18.2. The maximum absolute atomic E-state index is 10.9. The number of non-ortho nitro benzene ring substituents is 2. The van der Waals surface area contributed by atoms with E-state index in [1.807, 2.05) is 0 Å². The molecule has 14 nitrogen and oxygen atoms in total. The van der Waals surface area contributed by atoms with Crippen LogP contribution in [0.5, 0.6) is 11.5 Å². The van der Waals surface area contributed by atoms with Crippen LogP contribution in [0, 0.1) is 20.2 Å². The molecule has 1 saturated heterocycles. The van der Waals surface area contributed by atoms with Crippen LogP contribution in [0.2, 0.25) is 0 Å². The zero-order valence-corrected chi connectivity index (χ0v) is 18.2. The normalized spacial score (nSPS) is 25.0. The lowest BCUT2D eigenvalue weighted by atomic mass is 9.99. The number of ether oxygens (including phenoxy) is 4. The summed E-state index contributed by atoms with van der Waals surface area (Å²) in [5.74, 6) is 0.533. The van der Waals surface area contributed by atoms with E-state index < -0.39 is 53.3 Å². The molecule has 35 heavy (non-hydrogen) atoms. The van der Waals surface area contributed by atoms with E-state index >= 15 is 0 Å². The van der Waals surface area contributed by atoms with Crippen LogP contribution in [0.25, 0.3) is 0 Å². The monoisotopic (exact) mass is 496 g/mol. The topological polar surface area (TPSA) is 204 Å². The lowest BCUT2D eigenvalue weighted by Gasteiger charge is -2.39. The Morgan fingerprint density at radius 1 is 0.829 bits per heavy atom. The summed E-state index contributed by atoms with van der Waals surface area (Å²) in [6.07, 6.45) is -8.25. The molecule has 4 N–H and O–H groups in total. The molecule has 0 bridgehead atoms. The van der Waals surface area contributed by atoms with Crippen LogP contribution in [-0.4, -0.2) is 86.9 Å². The molecule has 1 unspecified atom stereocenters. The second-order valence-electron chi connectivity index (χ2n) is 7.58. The predicted octanol–water partition coefficient (Wildman–Crippen LogP) is 0.146. The first-order valence-electron chi connectivity index (χ1n) is 10.4. The van der Waals surface area contributed by atoms with Gasteiger partial charge in [0.15, 0.2) is 12.4 Å². The summed E-state index contributed by atoms with van der Waals surface area (Å²) in [7, 11) is 0. The highest BCUT2D eigenvalue weighted by Crippen LogP contribution is 2.24. The molecule has 1 heterocycles. The lowest BCUT2D eigenvalue weighted by molar-refractivity contribution is -0.385. The first-order valence-corrected chi connectivity index (χ1v) is 10.4. The molecule has 0 radical (unpaired) electrons. The Bertz CT molecular complexity index is 985. The summed E-state index contributed by atoms with van der Waals surface area (Å²) < 4.78 is 22.2. The van der Waals surface area contributed by atoms with Crippen molar-refractivity contribution in [2.75, 3.05) is 19.8 Å². The van der Waals surface area contributed by atoms with Crippen LogP contribution in [0.3, 0.4) is 0 Å². The fourth-order valence-corrected chi connectivity index (χ4v) is 3.22. The van der Waals surface area contributed by atoms with Gasteiger partial charge in [-0.25, -0.2) is 0 Å². The van der Waals surface area contributed by atoms with Crippen LogP contribution in [0.4, 0.5) is 11.4 Å². The van der Waals surface area contributed by atoms with E-state index in [9.17, 15) is 40.7 Å². The van der Waals surface area contributed by atoms with Crippen molar-refractivity contribution in [2.24, 2.45) is 0 Å². The summed E-state index contributed by atoms with van der Waals surface area (Å²) >= 11 is 0. The maximum Gasteiger partial charge on any atom is 0.269 e. The van der Waals surface area contributed by atoms with Gasteiger partial charge in [-0.3, -0.25) is 20.2 Å². The fourth-order valence-electron chi connectivity index (χ4n) is 3.22. The quantitative estimate of drug-likeness (QED) is 0.242. The van der Waals surface area contributed by atoms with Gasteiger partial charge in [-0.15, -0.1) is 0 Å². The Morgan fingerprint density at radius 3 is 1.89 bits per heavy atom. The summed E-state index contributed by atoms with van der Waals surface area (Å²) in [5, 5.41) is 60.9. The first kappa shape index (κ1) is 26.2. The highest BCUT2D eigenvalue weighted by molar-refractivity contribution is 5.37. The number of hydrogen-bond donors (Lipinski definition) is 4. The molecule has 190 valence electrons. The predicted molar refractivity (Wildman–Crippen MR) is 116 cm³/mol. The van der Waals surface area contributed by atoms with Crippen molar-refractivity contribution in [1.82, 2.24) is 0 Å². The Morgan fingerprint density at radius 2 is 1.37 bits per heavy atom. The summed E-state index contributed by atoms with van der Waals surface area (Å²) in [5.41, 5.74) is -0.268. The third-order valence-corrected chi connectivity index (χ3v) is 5.13. The van der Waals surface area contributed by atoms with E-state index in [-0.39, 0.29) is 30.3 Å². The minimum Gasteiger partial charge on any atom is -0.490 e. The van der Waals surface area contributed by atoms with E-state index in [2.05, 4.69) is 0 Å². The van der Waals surface area contributed by atoms with Crippen molar-refractivity contribution >= 4 is 11.4 Å². The summed E-state index contributed by atoms with van der Waals surface area (Å²) in [4.78, 5) is 20.5. The smallest absolute Gasteiger partial charge is 0.269 e. The van der Waals surface area contributed by atoms with Gasteiger partial charge in [-0.1, -0.05) is 0 Å². The third-order valence-electron chi connectivity index (χ3n) is 5.13. The van der Waals surface area contributed by atoms with Crippen molar-refractivity contribution in [3.8, 4) is 11.5 Å². The molecule has 2 aromatic rings. The molecule has 0 amide bonds. The number of nitro groups is 2. The number of aliphatic hydroxyl groups is 4. The average Bonchev–Trinajstić information content (AvgIpc) is 2.85. The van der Waals surface area contributed by atoms with Crippen molar-refractivity contribution in [3.05, 3.63) is 68.8 Å². The minimum atomic E-state index is -1.63. The standard InChI is InChI=1S/C21H24N2O12/c24-9-17-18(25)19(26)20(27)21(35-17)33-11-16(34-15-7-3-13(4-8-15)23(30)31)10-32-14-5-1-12(2-6-14)22(28)29/h1-8,16-21,24-27H,9-11H2/t16?,17-,18-,19+,20+,21+/m1/s1. The van der Waals surface area contributed by atoms with Crippen LogP contribution in [-0.2, 0) is 9.47 Å². The molecule has 2 aromatic carbocycles. The van der Waals surface area contributed by atoms with E-state index in [0.717, 1.165) is 0 Å². The van der Waals surface area contributed by atoms with Gasteiger partial charge in [-0.05, 0) is 24.3 Å². The SMILES string of the molecule is O=[N+]([O-])c1ccc(OCC(CO[C@H]2O[C@H](CO)[C@@H](O)[C@H](O)[C@@H]2O)Oc2ccc([N+](=O)[O-])cc2)cc1. The second kappa shape index (κ2) is 11.8. The Labute approximate surface area is 198 Å². The van der Waals surface area contributed by atoms with E-state index in [1.165, 1.54) is 48.5 Å². The number of nitro benzene ring substituents is 2. The second-order valence-corrected chi connectivity index (χ2v) is 7.58. The van der Waals surface area contributed by atoms with Crippen LogP contribution >= 0.6 is 0 Å². The number of nitrogens with zero attached hydrogens (tertiary/aromatic N) is 2. The molecule has 1 aliphatic heterocycles. The molecule has 1 fully saturated rings. The Balaban J connectivity index is 1.68. The fraction of sp³-hybridized carbons (Fsp3) is 0.429. The number of aliphatic hydroxyl groups excluding tert-OH is 4. The molecule has 0 aromatic heterocycles. The van der Waals surface area contributed by atoms with Gasteiger partial charge in [0, 0.05) is 24.3 Å². The molecule has 0 spiro atoms. The van der Waals surface area contributed by atoms with Gasteiger partial charge in [0.2, 0.25) is 0 Å². The molecule has 6 atom stereocenters. The first-order chi connectivity index (χ1) is 16.7. The van der Waals surface area contributed by atoms with E-state index in [4.69, 9.17) is 18.9 Å². The lowest BCUT2D eigenvalue weighted by Crippen LogP contribution is -2.59. The summed E-state index contributed by atoms with van der Waals surface area (Å²) in [6, 6.07) is 10.5. The minimum absolute atomic E-state index is 0.123. The Kier molecular flexibility index (Phi) is 8.86. The Hall–Kier alpha value is -3.40. The van der Waals surface area contributed by atoms with Gasteiger partial charge >= 0.3 is 0 Å². The number of benzene rings is 2. The van der Waals surface area contributed by atoms with E-state index in [0.29, 0.717) is 5.75 Å². The van der Waals surface area contributed by atoms with Gasteiger partial charge in [0.25, 0.3) is 11.4 Å². The van der Waals surface area contributed by atoms with Crippen LogP contribution in [0.1, 0.15) is 0 Å². The zero-order chi connectivity index (χ0) is 25.5. The maximum atomic E-state index is 10.9. The van der Waals surface area contributed by atoms with Crippen molar-refractivity contribution in [3.63, 3.8) is 0 Å².